The molecule has 1 saturated carbocycles. The van der Waals surface area contributed by atoms with Crippen molar-refractivity contribution in [3.63, 3.8) is 0 Å². The summed E-state index contributed by atoms with van der Waals surface area (Å²) < 4.78 is 0. The maximum Gasteiger partial charge on any atom is 0.262 e. The van der Waals surface area contributed by atoms with Gasteiger partial charge in [0.25, 0.3) is 11.8 Å². The number of aryl methyl sites for hydroxylation is 2. The number of fused-ring (bicyclic) bond motifs is 1. The van der Waals surface area contributed by atoms with Gasteiger partial charge in [0.15, 0.2) is 0 Å². The van der Waals surface area contributed by atoms with Gasteiger partial charge >= 0.3 is 0 Å². The van der Waals surface area contributed by atoms with Crippen LogP contribution in [-0.4, -0.2) is 28.8 Å². The topological polar surface area (TPSA) is 63.4 Å². The Balaban J connectivity index is 2.09. The second-order valence-electron chi connectivity index (χ2n) is 5.59. The third kappa shape index (κ3) is 1.63. The standard InChI is InChI=1S/C15H18N2O2/c1-8-6-7-9(2)13-12(8)14(18)17(15(13)19)11-5-3-4-10(11)16/h6-7,10-11H,3-5,16H2,1-2H3. The van der Waals surface area contributed by atoms with Crippen molar-refractivity contribution in [3.05, 3.63) is 34.4 Å². The SMILES string of the molecule is Cc1ccc(C)c2c1C(=O)N(C1CCCC1N)C2=O. The molecule has 0 saturated heterocycles. The third-order valence-electron chi connectivity index (χ3n) is 4.35. The summed E-state index contributed by atoms with van der Waals surface area (Å²) in [5.74, 6) is -0.327. The number of hydrogen-bond donors (Lipinski definition) is 1. The van der Waals surface area contributed by atoms with Gasteiger partial charge in [0, 0.05) is 6.04 Å². The second kappa shape index (κ2) is 4.17. The molecular formula is C15H18N2O2. The Hall–Kier alpha value is -1.68. The molecule has 2 amide bonds. The summed E-state index contributed by atoms with van der Waals surface area (Å²) in [5.41, 5.74) is 8.93. The first-order valence-corrected chi connectivity index (χ1v) is 6.76. The number of carbonyl (C=O) groups excluding carboxylic acids is 2. The second-order valence-corrected chi connectivity index (χ2v) is 5.59. The van der Waals surface area contributed by atoms with Crippen molar-refractivity contribution >= 4 is 11.8 Å². The third-order valence-corrected chi connectivity index (χ3v) is 4.35. The molecule has 1 heterocycles. The van der Waals surface area contributed by atoms with E-state index >= 15 is 0 Å². The van der Waals surface area contributed by atoms with E-state index in [1.54, 1.807) is 0 Å². The van der Waals surface area contributed by atoms with E-state index in [-0.39, 0.29) is 23.9 Å². The van der Waals surface area contributed by atoms with Gasteiger partial charge in [-0.2, -0.15) is 0 Å². The molecule has 0 radical (unpaired) electrons. The fourth-order valence-electron chi connectivity index (χ4n) is 3.29. The molecule has 2 aliphatic rings. The first-order chi connectivity index (χ1) is 9.02. The van der Waals surface area contributed by atoms with Crippen LogP contribution in [0.2, 0.25) is 0 Å². The number of amides is 2. The molecule has 1 aliphatic heterocycles. The fraction of sp³-hybridized carbons (Fsp3) is 0.467. The predicted octanol–water partition coefficient (Wildman–Crippen LogP) is 1.78. The highest BCUT2D eigenvalue weighted by molar-refractivity contribution is 6.22. The summed E-state index contributed by atoms with van der Waals surface area (Å²) in [6.07, 6.45) is 2.69. The lowest BCUT2D eigenvalue weighted by atomic mass is 9.99. The van der Waals surface area contributed by atoms with Crippen LogP contribution in [0.4, 0.5) is 0 Å². The summed E-state index contributed by atoms with van der Waals surface area (Å²) in [6, 6.07) is 3.59. The molecule has 2 N–H and O–H groups in total. The van der Waals surface area contributed by atoms with Crippen molar-refractivity contribution < 1.29 is 9.59 Å². The van der Waals surface area contributed by atoms with Crippen LogP contribution in [0.1, 0.15) is 51.1 Å². The largest absolute Gasteiger partial charge is 0.326 e. The van der Waals surface area contributed by atoms with Gasteiger partial charge in [-0.05, 0) is 44.2 Å². The number of nitrogens with zero attached hydrogens (tertiary/aromatic N) is 1. The Labute approximate surface area is 112 Å². The van der Waals surface area contributed by atoms with Gasteiger partial charge in [-0.15, -0.1) is 0 Å². The van der Waals surface area contributed by atoms with Crippen LogP contribution >= 0.6 is 0 Å². The molecule has 2 atom stereocenters. The zero-order chi connectivity index (χ0) is 13.7. The van der Waals surface area contributed by atoms with Gasteiger partial charge in [0.05, 0.1) is 17.2 Å². The highest BCUT2D eigenvalue weighted by Crippen LogP contribution is 2.34. The number of benzene rings is 1. The molecule has 4 heteroatoms. The average molecular weight is 258 g/mol. The summed E-state index contributed by atoms with van der Waals surface area (Å²) in [4.78, 5) is 26.5. The van der Waals surface area contributed by atoms with E-state index in [4.69, 9.17) is 5.73 Å². The van der Waals surface area contributed by atoms with Crippen LogP contribution in [-0.2, 0) is 0 Å². The number of nitrogens with two attached hydrogens (primary N) is 1. The summed E-state index contributed by atoms with van der Waals surface area (Å²) in [5, 5.41) is 0. The number of hydrogen-bond acceptors (Lipinski definition) is 3. The zero-order valence-electron chi connectivity index (χ0n) is 11.3. The van der Waals surface area contributed by atoms with E-state index in [0.717, 1.165) is 30.4 Å². The smallest absolute Gasteiger partial charge is 0.262 e. The molecule has 4 nitrogen and oxygen atoms in total. The maximum absolute atomic E-state index is 12.6. The van der Waals surface area contributed by atoms with Crippen LogP contribution in [0.25, 0.3) is 0 Å². The van der Waals surface area contributed by atoms with E-state index in [1.165, 1.54) is 4.90 Å². The van der Waals surface area contributed by atoms with E-state index in [2.05, 4.69) is 0 Å². The molecule has 100 valence electrons. The van der Waals surface area contributed by atoms with Crippen molar-refractivity contribution in [3.8, 4) is 0 Å². The van der Waals surface area contributed by atoms with Crippen molar-refractivity contribution in [1.82, 2.24) is 4.90 Å². The van der Waals surface area contributed by atoms with Crippen molar-refractivity contribution in [2.24, 2.45) is 5.73 Å². The first kappa shape index (κ1) is 12.4. The molecule has 19 heavy (non-hydrogen) atoms. The molecule has 0 bridgehead atoms. The molecule has 2 unspecified atom stereocenters. The Bertz CT molecular complexity index is 539. The molecule has 1 aliphatic carbocycles. The van der Waals surface area contributed by atoms with Crippen molar-refractivity contribution in [1.29, 1.82) is 0 Å². The zero-order valence-corrected chi connectivity index (χ0v) is 11.3. The predicted molar refractivity (Wildman–Crippen MR) is 72.0 cm³/mol. The Kier molecular flexibility index (Phi) is 2.71. The monoisotopic (exact) mass is 258 g/mol. The van der Waals surface area contributed by atoms with Crippen LogP contribution < -0.4 is 5.73 Å². The Morgan fingerprint density at radius 2 is 1.58 bits per heavy atom. The lowest BCUT2D eigenvalue weighted by Gasteiger charge is -2.25. The van der Waals surface area contributed by atoms with E-state index < -0.39 is 0 Å². The minimum absolute atomic E-state index is 0.0807. The van der Waals surface area contributed by atoms with Gasteiger partial charge < -0.3 is 5.73 Å². The van der Waals surface area contributed by atoms with Crippen LogP contribution in [0.5, 0.6) is 0 Å². The lowest BCUT2D eigenvalue weighted by Crippen LogP contribution is -2.47. The molecular weight excluding hydrogens is 240 g/mol. The summed E-state index contributed by atoms with van der Waals surface area (Å²) in [7, 11) is 0. The Morgan fingerprint density at radius 3 is 2.00 bits per heavy atom. The normalized spacial score (nSPS) is 26.2. The van der Waals surface area contributed by atoms with E-state index in [0.29, 0.717) is 11.1 Å². The highest BCUT2D eigenvalue weighted by Gasteiger charge is 2.44. The molecule has 0 spiro atoms. The number of rotatable bonds is 1. The van der Waals surface area contributed by atoms with E-state index in [9.17, 15) is 9.59 Å². The first-order valence-electron chi connectivity index (χ1n) is 6.76. The van der Waals surface area contributed by atoms with Gasteiger partial charge in [-0.25, -0.2) is 0 Å². The van der Waals surface area contributed by atoms with Crippen molar-refractivity contribution in [2.45, 2.75) is 45.2 Å². The molecule has 1 aromatic carbocycles. The molecule has 1 aromatic rings. The van der Waals surface area contributed by atoms with Gasteiger partial charge in [0.1, 0.15) is 0 Å². The van der Waals surface area contributed by atoms with E-state index in [1.807, 2.05) is 26.0 Å². The minimum atomic E-state index is -0.163. The quantitative estimate of drug-likeness (QED) is 0.781. The van der Waals surface area contributed by atoms with Gasteiger partial charge in [-0.1, -0.05) is 12.1 Å². The summed E-state index contributed by atoms with van der Waals surface area (Å²) in [6.45, 7) is 3.75. The fourth-order valence-corrected chi connectivity index (χ4v) is 3.29. The van der Waals surface area contributed by atoms with Crippen LogP contribution in [0.3, 0.4) is 0 Å². The van der Waals surface area contributed by atoms with Crippen LogP contribution in [0, 0.1) is 13.8 Å². The lowest BCUT2D eigenvalue weighted by molar-refractivity contribution is 0.0575. The van der Waals surface area contributed by atoms with Gasteiger partial charge in [-0.3, -0.25) is 14.5 Å². The van der Waals surface area contributed by atoms with Crippen molar-refractivity contribution in [2.75, 3.05) is 0 Å². The molecule has 3 rings (SSSR count). The Morgan fingerprint density at radius 1 is 1.05 bits per heavy atom. The van der Waals surface area contributed by atoms with Gasteiger partial charge in [0.2, 0.25) is 0 Å². The number of imide groups is 1. The highest BCUT2D eigenvalue weighted by atomic mass is 16.2. The maximum atomic E-state index is 12.6. The van der Waals surface area contributed by atoms with Crippen LogP contribution in [0.15, 0.2) is 12.1 Å². The molecule has 1 fully saturated rings. The average Bonchev–Trinajstić information content (AvgIpc) is 2.88. The number of carbonyl (C=O) groups is 2. The summed E-state index contributed by atoms with van der Waals surface area (Å²) >= 11 is 0. The minimum Gasteiger partial charge on any atom is -0.326 e. The molecule has 0 aromatic heterocycles.